The normalized spacial score (nSPS) is 22.7. The fraction of sp³-hybridized carbons (Fsp3) is 0.600. The van der Waals surface area contributed by atoms with Crippen molar-refractivity contribution < 1.29 is 23.7 Å². The standard InChI is InChI=1S/C25H32N2O5/c1-2-29-15-18-3-4-24-20(9-18)10-19(16-31-24)12-23(28)22-13-25-27(26-22)14-21(32-25)11-17-5-7-30-8-6-17/h3-4,9,13,17,19,21H,2,5-8,10-12,14-16H2,1H3. The third-order valence-electron chi connectivity index (χ3n) is 6.68. The van der Waals surface area contributed by atoms with Gasteiger partial charge in [0.1, 0.15) is 17.5 Å². The van der Waals surface area contributed by atoms with Gasteiger partial charge in [0.25, 0.3) is 0 Å². The Kier molecular flexibility index (Phi) is 6.46. The quantitative estimate of drug-likeness (QED) is 0.581. The van der Waals surface area contributed by atoms with E-state index < -0.39 is 0 Å². The molecule has 2 unspecified atom stereocenters. The van der Waals surface area contributed by atoms with Crippen molar-refractivity contribution in [3.8, 4) is 11.6 Å². The lowest BCUT2D eigenvalue weighted by molar-refractivity contribution is 0.0507. The predicted molar refractivity (Wildman–Crippen MR) is 118 cm³/mol. The smallest absolute Gasteiger partial charge is 0.212 e. The van der Waals surface area contributed by atoms with Crippen molar-refractivity contribution in [1.82, 2.24) is 9.78 Å². The second kappa shape index (κ2) is 9.63. The van der Waals surface area contributed by atoms with Gasteiger partial charge in [-0.2, -0.15) is 5.10 Å². The number of Topliss-reactive ketones (excluding diaryl/α,β-unsaturated/α-hetero) is 1. The summed E-state index contributed by atoms with van der Waals surface area (Å²) in [5, 5.41) is 4.55. The van der Waals surface area contributed by atoms with Gasteiger partial charge in [0.15, 0.2) is 5.78 Å². The summed E-state index contributed by atoms with van der Waals surface area (Å²) in [5.74, 6) is 2.49. The first-order valence-electron chi connectivity index (χ1n) is 11.9. The Morgan fingerprint density at radius 3 is 2.91 bits per heavy atom. The molecule has 1 aromatic heterocycles. The van der Waals surface area contributed by atoms with Gasteiger partial charge < -0.3 is 18.9 Å². The van der Waals surface area contributed by atoms with Crippen LogP contribution >= 0.6 is 0 Å². The Morgan fingerprint density at radius 1 is 1.22 bits per heavy atom. The van der Waals surface area contributed by atoms with E-state index in [1.165, 1.54) is 0 Å². The van der Waals surface area contributed by atoms with Crippen molar-refractivity contribution in [1.29, 1.82) is 0 Å². The largest absolute Gasteiger partial charge is 0.493 e. The van der Waals surface area contributed by atoms with E-state index in [0.717, 1.165) is 68.2 Å². The molecule has 0 aliphatic carbocycles. The maximum Gasteiger partial charge on any atom is 0.212 e. The molecule has 7 heteroatoms. The maximum atomic E-state index is 12.9. The van der Waals surface area contributed by atoms with E-state index in [2.05, 4.69) is 11.2 Å². The lowest BCUT2D eigenvalue weighted by atomic mass is 9.91. The molecule has 3 aliphatic heterocycles. The molecular formula is C25H32N2O5. The van der Waals surface area contributed by atoms with Gasteiger partial charge in [-0.25, -0.2) is 4.68 Å². The number of carbonyl (C=O) groups excluding carboxylic acids is 1. The Labute approximate surface area is 189 Å². The Balaban J connectivity index is 1.15. The second-order valence-corrected chi connectivity index (χ2v) is 9.17. The van der Waals surface area contributed by atoms with Crippen LogP contribution in [-0.2, 0) is 29.0 Å². The van der Waals surface area contributed by atoms with Crippen LogP contribution < -0.4 is 9.47 Å². The minimum atomic E-state index is 0.0546. The zero-order valence-electron chi connectivity index (χ0n) is 18.8. The van der Waals surface area contributed by atoms with Crippen molar-refractivity contribution in [3.05, 3.63) is 41.1 Å². The van der Waals surface area contributed by atoms with Crippen LogP contribution in [0.4, 0.5) is 0 Å². The van der Waals surface area contributed by atoms with Gasteiger partial charge in [0.05, 0.1) is 19.8 Å². The molecule has 1 fully saturated rings. The first-order valence-corrected chi connectivity index (χ1v) is 11.9. The van der Waals surface area contributed by atoms with E-state index in [0.29, 0.717) is 37.9 Å². The molecule has 1 saturated heterocycles. The first-order chi connectivity index (χ1) is 15.7. The number of hydrogen-bond donors (Lipinski definition) is 0. The Hall–Kier alpha value is -2.38. The molecule has 32 heavy (non-hydrogen) atoms. The summed E-state index contributed by atoms with van der Waals surface area (Å²) in [6.45, 7) is 6.27. The van der Waals surface area contributed by atoms with Gasteiger partial charge >= 0.3 is 0 Å². The zero-order chi connectivity index (χ0) is 21.9. The number of aromatic nitrogens is 2. The summed E-state index contributed by atoms with van der Waals surface area (Å²) in [6.07, 6.45) is 4.64. The average Bonchev–Trinajstić information content (AvgIpc) is 3.37. The second-order valence-electron chi connectivity index (χ2n) is 9.17. The highest BCUT2D eigenvalue weighted by atomic mass is 16.5. The lowest BCUT2D eigenvalue weighted by Crippen LogP contribution is -2.25. The molecule has 0 spiro atoms. The van der Waals surface area contributed by atoms with E-state index in [-0.39, 0.29) is 17.8 Å². The van der Waals surface area contributed by atoms with Gasteiger partial charge in [-0.05, 0) is 61.8 Å². The fourth-order valence-corrected chi connectivity index (χ4v) is 4.96. The molecule has 2 atom stereocenters. The number of benzene rings is 1. The Bertz CT molecular complexity index is 926. The van der Waals surface area contributed by atoms with Crippen molar-refractivity contribution in [2.75, 3.05) is 26.4 Å². The summed E-state index contributed by atoms with van der Waals surface area (Å²) >= 11 is 0. The van der Waals surface area contributed by atoms with Crippen LogP contribution in [0.1, 0.15) is 54.2 Å². The summed E-state index contributed by atoms with van der Waals surface area (Å²) in [4.78, 5) is 12.9. The summed E-state index contributed by atoms with van der Waals surface area (Å²) < 4.78 is 24.8. The number of ketones is 1. The minimum absolute atomic E-state index is 0.0546. The molecule has 172 valence electrons. The number of hydrogen-bond acceptors (Lipinski definition) is 6. The van der Waals surface area contributed by atoms with Crippen molar-refractivity contribution in [2.45, 2.75) is 58.3 Å². The molecule has 0 amide bonds. The van der Waals surface area contributed by atoms with Crippen molar-refractivity contribution in [3.63, 3.8) is 0 Å². The van der Waals surface area contributed by atoms with Crippen LogP contribution in [-0.4, -0.2) is 48.1 Å². The highest BCUT2D eigenvalue weighted by Gasteiger charge is 2.30. The highest BCUT2D eigenvalue weighted by Crippen LogP contribution is 2.32. The maximum absolute atomic E-state index is 12.9. The lowest BCUT2D eigenvalue weighted by Gasteiger charge is -2.25. The number of fused-ring (bicyclic) bond motifs is 2. The van der Waals surface area contributed by atoms with Crippen molar-refractivity contribution >= 4 is 5.78 Å². The van der Waals surface area contributed by atoms with Crippen molar-refractivity contribution in [2.24, 2.45) is 11.8 Å². The molecule has 4 heterocycles. The van der Waals surface area contributed by atoms with Gasteiger partial charge in [-0.1, -0.05) is 6.07 Å². The molecule has 0 bridgehead atoms. The molecule has 5 rings (SSSR count). The van der Waals surface area contributed by atoms with Gasteiger partial charge in [0.2, 0.25) is 5.88 Å². The fourth-order valence-electron chi connectivity index (χ4n) is 4.96. The van der Waals surface area contributed by atoms with Crippen LogP contribution in [0.2, 0.25) is 0 Å². The molecule has 0 N–H and O–H groups in total. The van der Waals surface area contributed by atoms with Crippen LogP contribution in [0.25, 0.3) is 0 Å². The Morgan fingerprint density at radius 2 is 2.09 bits per heavy atom. The van der Waals surface area contributed by atoms with E-state index in [4.69, 9.17) is 18.9 Å². The van der Waals surface area contributed by atoms with Crippen LogP contribution in [0.3, 0.4) is 0 Å². The first kappa shape index (κ1) is 21.5. The van der Waals surface area contributed by atoms with Gasteiger partial charge in [-0.3, -0.25) is 4.79 Å². The van der Waals surface area contributed by atoms with Gasteiger partial charge in [0, 0.05) is 38.2 Å². The monoisotopic (exact) mass is 440 g/mol. The molecule has 7 nitrogen and oxygen atoms in total. The number of nitrogens with zero attached hydrogens (tertiary/aromatic N) is 2. The molecule has 1 aromatic carbocycles. The third-order valence-corrected chi connectivity index (χ3v) is 6.68. The molecular weight excluding hydrogens is 408 g/mol. The summed E-state index contributed by atoms with van der Waals surface area (Å²) in [5.41, 5.74) is 2.79. The SMILES string of the molecule is CCOCc1ccc2c(c1)CC(CC(=O)c1cc3n(n1)CC(CC1CCOCC1)O3)CO2. The predicted octanol–water partition coefficient (Wildman–Crippen LogP) is 3.82. The van der Waals surface area contributed by atoms with Gasteiger partial charge in [-0.15, -0.1) is 0 Å². The highest BCUT2D eigenvalue weighted by molar-refractivity contribution is 5.94. The summed E-state index contributed by atoms with van der Waals surface area (Å²) in [7, 11) is 0. The molecule has 0 saturated carbocycles. The minimum Gasteiger partial charge on any atom is -0.493 e. The molecule has 2 aromatic rings. The third kappa shape index (κ3) is 4.84. The number of carbonyl (C=O) groups is 1. The van der Waals surface area contributed by atoms with Crippen LogP contribution in [0.15, 0.2) is 24.3 Å². The topological polar surface area (TPSA) is 71.8 Å². The van der Waals surface area contributed by atoms with Crippen LogP contribution in [0, 0.1) is 11.8 Å². The molecule has 3 aliphatic rings. The number of ether oxygens (including phenoxy) is 4. The molecule has 0 radical (unpaired) electrons. The summed E-state index contributed by atoms with van der Waals surface area (Å²) in [6, 6.07) is 8.00. The van der Waals surface area contributed by atoms with E-state index in [1.807, 2.05) is 29.8 Å². The number of rotatable bonds is 8. The van der Waals surface area contributed by atoms with E-state index >= 15 is 0 Å². The van der Waals surface area contributed by atoms with E-state index in [1.54, 1.807) is 0 Å². The average molecular weight is 441 g/mol. The zero-order valence-corrected chi connectivity index (χ0v) is 18.8. The van der Waals surface area contributed by atoms with E-state index in [9.17, 15) is 4.79 Å². The van der Waals surface area contributed by atoms with Crippen LogP contribution in [0.5, 0.6) is 11.6 Å².